The number of hydrogen-bond acceptors (Lipinski definition) is 5. The van der Waals surface area contributed by atoms with Crippen LogP contribution in [0.25, 0.3) is 5.78 Å². The lowest BCUT2D eigenvalue weighted by Gasteiger charge is -2.01. The highest BCUT2D eigenvalue weighted by molar-refractivity contribution is 8.00. The number of hydrogen-bond donors (Lipinski definition) is 1. The molecule has 1 amide bonds. The van der Waals surface area contributed by atoms with Gasteiger partial charge in [0.2, 0.25) is 11.1 Å². The molecule has 0 radical (unpaired) electrons. The van der Waals surface area contributed by atoms with Gasteiger partial charge in [0.25, 0.3) is 5.78 Å². The van der Waals surface area contributed by atoms with Gasteiger partial charge in [0.1, 0.15) is 0 Å². The van der Waals surface area contributed by atoms with Gasteiger partial charge in [-0.25, -0.2) is 9.50 Å². The average Bonchev–Trinajstić information content (AvgIpc) is 2.60. The van der Waals surface area contributed by atoms with Crippen LogP contribution in [0.4, 0.5) is 0 Å². The monoisotopic (exact) mass is 251 g/mol. The number of rotatable bonds is 3. The molecule has 2 N–H and O–H groups in total. The second-order valence-corrected chi connectivity index (χ2v) is 5.12. The third-order valence-corrected chi connectivity index (χ3v) is 3.25. The quantitative estimate of drug-likeness (QED) is 0.812. The van der Waals surface area contributed by atoms with Crippen molar-refractivity contribution >= 4 is 23.4 Å². The van der Waals surface area contributed by atoms with E-state index in [2.05, 4.69) is 15.1 Å². The maximum Gasteiger partial charge on any atom is 0.253 e. The zero-order chi connectivity index (χ0) is 12.6. The Balaban J connectivity index is 2.38. The zero-order valence-corrected chi connectivity index (χ0v) is 10.7. The molecule has 17 heavy (non-hydrogen) atoms. The molecule has 1 atom stereocenters. The molecule has 2 aromatic rings. The second-order valence-electron chi connectivity index (χ2n) is 3.81. The highest BCUT2D eigenvalue weighted by Crippen LogP contribution is 2.20. The predicted octanol–water partition coefficient (Wildman–Crippen LogP) is 0.707. The molecule has 0 aliphatic heterocycles. The minimum atomic E-state index is -0.380. The molecule has 0 unspecified atom stereocenters. The van der Waals surface area contributed by atoms with Gasteiger partial charge in [-0.05, 0) is 26.8 Å². The minimum absolute atomic E-state index is 0.353. The van der Waals surface area contributed by atoms with E-state index in [4.69, 9.17) is 5.73 Å². The van der Waals surface area contributed by atoms with Crippen LogP contribution in [0.2, 0.25) is 0 Å². The Morgan fingerprint density at radius 3 is 2.82 bits per heavy atom. The topological polar surface area (TPSA) is 86.2 Å². The summed E-state index contributed by atoms with van der Waals surface area (Å²) >= 11 is 1.23. The SMILES string of the molecule is Cc1cc(C)n2nc(S[C@H](C)C(N)=O)nc2n1. The molecule has 0 bridgehead atoms. The Kier molecular flexibility index (Phi) is 3.01. The van der Waals surface area contributed by atoms with Crippen molar-refractivity contribution in [2.24, 2.45) is 5.73 Å². The van der Waals surface area contributed by atoms with Gasteiger partial charge in [-0.3, -0.25) is 4.79 Å². The van der Waals surface area contributed by atoms with Crippen molar-refractivity contribution in [3.05, 3.63) is 17.5 Å². The Morgan fingerprint density at radius 1 is 1.47 bits per heavy atom. The van der Waals surface area contributed by atoms with E-state index >= 15 is 0 Å². The van der Waals surface area contributed by atoms with Crippen molar-refractivity contribution in [1.29, 1.82) is 0 Å². The summed E-state index contributed by atoms with van der Waals surface area (Å²) in [6.07, 6.45) is 0. The number of carbonyl (C=O) groups excluding carboxylic acids is 1. The summed E-state index contributed by atoms with van der Waals surface area (Å²) in [6, 6.07) is 1.92. The van der Waals surface area contributed by atoms with Crippen molar-refractivity contribution in [1.82, 2.24) is 19.6 Å². The summed E-state index contributed by atoms with van der Waals surface area (Å²) in [5.74, 6) is 0.163. The van der Waals surface area contributed by atoms with E-state index in [0.717, 1.165) is 11.4 Å². The molecule has 6 nitrogen and oxygen atoms in total. The van der Waals surface area contributed by atoms with Gasteiger partial charge in [0.15, 0.2) is 0 Å². The van der Waals surface area contributed by atoms with E-state index < -0.39 is 0 Å². The molecule has 0 fully saturated rings. The molecular weight excluding hydrogens is 238 g/mol. The smallest absolute Gasteiger partial charge is 0.253 e. The van der Waals surface area contributed by atoms with Gasteiger partial charge in [0.05, 0.1) is 5.25 Å². The highest BCUT2D eigenvalue weighted by Gasteiger charge is 2.15. The number of aryl methyl sites for hydroxylation is 2. The standard InChI is InChI=1S/C10H13N5OS/c1-5-4-6(2)15-9(12-5)13-10(14-15)17-7(3)8(11)16/h4,7H,1-3H3,(H2,11,16)/t7-/m1/s1. The molecule has 0 aliphatic rings. The number of carbonyl (C=O) groups is 1. The van der Waals surface area contributed by atoms with Crippen LogP contribution in [-0.2, 0) is 4.79 Å². The van der Waals surface area contributed by atoms with E-state index in [0.29, 0.717) is 10.9 Å². The number of thioether (sulfide) groups is 1. The number of nitrogens with two attached hydrogens (primary N) is 1. The number of nitrogens with zero attached hydrogens (tertiary/aromatic N) is 4. The fourth-order valence-corrected chi connectivity index (χ4v) is 2.11. The van der Waals surface area contributed by atoms with E-state index in [9.17, 15) is 4.79 Å². The number of aromatic nitrogens is 4. The number of fused-ring (bicyclic) bond motifs is 1. The first-order valence-corrected chi connectivity index (χ1v) is 6.02. The minimum Gasteiger partial charge on any atom is -0.369 e. The normalized spacial score (nSPS) is 12.9. The van der Waals surface area contributed by atoms with Crippen LogP contribution in [0.5, 0.6) is 0 Å². The molecule has 2 rings (SSSR count). The number of primary amides is 1. The van der Waals surface area contributed by atoms with Crippen LogP contribution in [0.3, 0.4) is 0 Å². The first-order chi connectivity index (χ1) is 7.97. The molecule has 90 valence electrons. The Labute approximate surface area is 103 Å². The first kappa shape index (κ1) is 11.8. The molecule has 0 saturated carbocycles. The van der Waals surface area contributed by atoms with Gasteiger partial charge in [0, 0.05) is 11.4 Å². The van der Waals surface area contributed by atoms with Crippen molar-refractivity contribution in [3.63, 3.8) is 0 Å². The summed E-state index contributed by atoms with van der Waals surface area (Å²) in [5, 5.41) is 4.43. The van der Waals surface area contributed by atoms with Gasteiger partial charge in [-0.2, -0.15) is 4.98 Å². The van der Waals surface area contributed by atoms with Crippen LogP contribution < -0.4 is 5.73 Å². The fraction of sp³-hybridized carbons (Fsp3) is 0.400. The molecular formula is C10H13N5OS. The first-order valence-electron chi connectivity index (χ1n) is 5.14. The fourth-order valence-electron chi connectivity index (χ4n) is 1.41. The van der Waals surface area contributed by atoms with Crippen LogP contribution in [0.1, 0.15) is 18.3 Å². The maximum atomic E-state index is 11.0. The van der Waals surface area contributed by atoms with Crippen molar-refractivity contribution in [2.75, 3.05) is 0 Å². The zero-order valence-electron chi connectivity index (χ0n) is 9.84. The maximum absolute atomic E-state index is 11.0. The molecule has 2 aromatic heterocycles. The number of amides is 1. The summed E-state index contributed by atoms with van der Waals surface area (Å²) in [4.78, 5) is 19.5. The van der Waals surface area contributed by atoms with Gasteiger partial charge >= 0.3 is 0 Å². The Bertz CT molecular complexity index is 579. The predicted molar refractivity (Wildman–Crippen MR) is 64.8 cm³/mol. The third-order valence-electron chi connectivity index (χ3n) is 2.28. The summed E-state index contributed by atoms with van der Waals surface area (Å²) in [5.41, 5.74) is 7.04. The third kappa shape index (κ3) is 2.38. The second kappa shape index (κ2) is 4.33. The summed E-state index contributed by atoms with van der Waals surface area (Å²) in [7, 11) is 0. The Hall–Kier alpha value is -1.63. The molecule has 7 heteroatoms. The average molecular weight is 251 g/mol. The van der Waals surface area contributed by atoms with Gasteiger partial charge in [-0.1, -0.05) is 11.8 Å². The molecule has 0 aromatic carbocycles. The van der Waals surface area contributed by atoms with Crippen LogP contribution in [-0.4, -0.2) is 30.7 Å². The van der Waals surface area contributed by atoms with Crippen molar-refractivity contribution < 1.29 is 4.79 Å². The van der Waals surface area contributed by atoms with Crippen LogP contribution >= 0.6 is 11.8 Å². The van der Waals surface area contributed by atoms with Gasteiger partial charge < -0.3 is 5.73 Å². The van der Waals surface area contributed by atoms with Crippen LogP contribution in [0.15, 0.2) is 11.2 Å². The lowest BCUT2D eigenvalue weighted by atomic mass is 10.4. The molecule has 2 heterocycles. The van der Waals surface area contributed by atoms with Crippen LogP contribution in [0, 0.1) is 13.8 Å². The lowest BCUT2D eigenvalue weighted by Crippen LogP contribution is -2.22. The highest BCUT2D eigenvalue weighted by atomic mass is 32.2. The molecule has 0 saturated heterocycles. The van der Waals surface area contributed by atoms with Gasteiger partial charge in [-0.15, -0.1) is 5.10 Å². The van der Waals surface area contributed by atoms with E-state index in [1.807, 2.05) is 19.9 Å². The molecule has 0 spiro atoms. The summed E-state index contributed by atoms with van der Waals surface area (Å²) in [6.45, 7) is 5.56. The molecule has 0 aliphatic carbocycles. The van der Waals surface area contributed by atoms with Crippen molar-refractivity contribution in [2.45, 2.75) is 31.2 Å². The lowest BCUT2D eigenvalue weighted by molar-refractivity contribution is -0.117. The largest absolute Gasteiger partial charge is 0.369 e. The van der Waals surface area contributed by atoms with E-state index in [1.54, 1.807) is 11.4 Å². The van der Waals surface area contributed by atoms with E-state index in [-0.39, 0.29) is 11.2 Å². The Morgan fingerprint density at radius 2 is 2.18 bits per heavy atom. The van der Waals surface area contributed by atoms with E-state index in [1.165, 1.54) is 11.8 Å². The van der Waals surface area contributed by atoms with Crippen molar-refractivity contribution in [3.8, 4) is 0 Å². The summed E-state index contributed by atoms with van der Waals surface area (Å²) < 4.78 is 1.66.